The normalized spacial score (nSPS) is 25.4. The van der Waals surface area contributed by atoms with Gasteiger partial charge in [-0.25, -0.2) is 4.98 Å². The predicted molar refractivity (Wildman–Crippen MR) is 155 cm³/mol. The Kier molecular flexibility index (Phi) is 5.69. The van der Waals surface area contributed by atoms with Gasteiger partial charge in [-0.15, -0.1) is 0 Å². The van der Waals surface area contributed by atoms with E-state index in [0.717, 1.165) is 83.9 Å². The SMILES string of the molecule is COc1cc2[nH]nc(-c3ccc(C45CC4CN(C(=O)[C@H]4COCCN4C)C5)nc3)c2nc1-c1cccc2c1CCC2. The van der Waals surface area contributed by atoms with Gasteiger partial charge in [-0.2, -0.15) is 5.10 Å². The van der Waals surface area contributed by atoms with E-state index in [1.165, 1.54) is 17.5 Å². The van der Waals surface area contributed by atoms with Gasteiger partial charge in [0, 0.05) is 54.1 Å². The van der Waals surface area contributed by atoms with E-state index in [1.807, 2.05) is 24.2 Å². The van der Waals surface area contributed by atoms with Crippen LogP contribution in [0.2, 0.25) is 0 Å². The lowest BCUT2D eigenvalue weighted by atomic mass is 9.99. The number of likely N-dealkylation sites (N-methyl/N-ethyl adjacent to an activating group) is 1. The van der Waals surface area contributed by atoms with Crippen molar-refractivity contribution in [2.45, 2.75) is 37.1 Å². The standard InChI is InChI=1S/C32H34N6O3/c1-37-11-12-41-17-25(37)31(39)38-16-21-14-32(21,18-38)27-10-9-20(15-33-27)28-30-24(35-36-28)13-26(40-2)29(34-30)23-8-4-6-19-5-3-7-22(19)23/h4,6,8-10,13,15,21,25H,3,5,7,11-12,14,16-18H2,1-2H3,(H,35,36)/t21?,25-,32?/m1/s1. The van der Waals surface area contributed by atoms with Crippen molar-refractivity contribution in [3.05, 3.63) is 59.4 Å². The van der Waals surface area contributed by atoms with Crippen LogP contribution in [0.5, 0.6) is 5.75 Å². The highest BCUT2D eigenvalue weighted by molar-refractivity contribution is 5.93. The molecule has 9 heteroatoms. The first-order valence-corrected chi connectivity index (χ1v) is 14.6. The second-order valence-corrected chi connectivity index (χ2v) is 12.1. The number of nitrogens with one attached hydrogen (secondary N) is 1. The van der Waals surface area contributed by atoms with E-state index in [0.29, 0.717) is 19.1 Å². The summed E-state index contributed by atoms with van der Waals surface area (Å²) in [5.41, 5.74) is 9.14. The Bertz CT molecular complexity index is 1670. The van der Waals surface area contributed by atoms with Crippen LogP contribution in [-0.2, 0) is 27.8 Å². The average molecular weight is 551 g/mol. The molecule has 1 saturated carbocycles. The maximum absolute atomic E-state index is 13.3. The molecule has 0 bridgehead atoms. The molecule has 210 valence electrons. The predicted octanol–water partition coefficient (Wildman–Crippen LogP) is 3.61. The van der Waals surface area contributed by atoms with Crippen LogP contribution < -0.4 is 4.74 Å². The Morgan fingerprint density at radius 3 is 2.95 bits per heavy atom. The van der Waals surface area contributed by atoms with Gasteiger partial charge in [0.1, 0.15) is 28.7 Å². The molecule has 0 spiro atoms. The fraction of sp³-hybridized carbons (Fsp3) is 0.438. The Hall–Kier alpha value is -3.82. The third-order valence-electron chi connectivity index (χ3n) is 9.81. The summed E-state index contributed by atoms with van der Waals surface area (Å²) in [5.74, 6) is 1.39. The number of piperidine rings is 1. The maximum atomic E-state index is 13.3. The number of carbonyl (C=O) groups excluding carboxylic acids is 1. The highest BCUT2D eigenvalue weighted by Gasteiger charge is 2.63. The van der Waals surface area contributed by atoms with E-state index in [1.54, 1.807) is 7.11 Å². The topological polar surface area (TPSA) is 96.5 Å². The van der Waals surface area contributed by atoms with Crippen molar-refractivity contribution in [3.8, 4) is 28.3 Å². The molecule has 2 saturated heterocycles. The number of hydrogen-bond donors (Lipinski definition) is 1. The minimum atomic E-state index is -0.186. The van der Waals surface area contributed by atoms with E-state index >= 15 is 0 Å². The zero-order chi connectivity index (χ0) is 27.7. The summed E-state index contributed by atoms with van der Waals surface area (Å²) in [4.78, 5) is 27.5. The summed E-state index contributed by atoms with van der Waals surface area (Å²) in [6.07, 6.45) is 6.34. The summed E-state index contributed by atoms with van der Waals surface area (Å²) in [5, 5.41) is 7.80. The molecular formula is C32H34N6O3. The maximum Gasteiger partial charge on any atom is 0.242 e. The Morgan fingerprint density at radius 1 is 1.20 bits per heavy atom. The number of rotatable bonds is 5. The number of amides is 1. The molecular weight excluding hydrogens is 516 g/mol. The Morgan fingerprint density at radius 2 is 2.12 bits per heavy atom. The van der Waals surface area contributed by atoms with Crippen LogP contribution in [0, 0.1) is 5.92 Å². The highest BCUT2D eigenvalue weighted by atomic mass is 16.5. The van der Waals surface area contributed by atoms with Gasteiger partial charge in [0.05, 0.1) is 25.8 Å². The number of nitrogens with zero attached hydrogens (tertiary/aromatic N) is 5. The highest BCUT2D eigenvalue weighted by Crippen LogP contribution is 2.58. The van der Waals surface area contributed by atoms with Crippen molar-refractivity contribution < 1.29 is 14.3 Å². The largest absolute Gasteiger partial charge is 0.494 e. The minimum absolute atomic E-state index is 0.0393. The van der Waals surface area contributed by atoms with Gasteiger partial charge in [-0.05, 0) is 61.9 Å². The summed E-state index contributed by atoms with van der Waals surface area (Å²) < 4.78 is 11.4. The number of aromatic nitrogens is 4. The first kappa shape index (κ1) is 24.9. The first-order chi connectivity index (χ1) is 20.1. The fourth-order valence-corrected chi connectivity index (χ4v) is 7.35. The van der Waals surface area contributed by atoms with Crippen LogP contribution in [0.25, 0.3) is 33.5 Å². The molecule has 5 heterocycles. The fourth-order valence-electron chi connectivity index (χ4n) is 7.35. The van der Waals surface area contributed by atoms with Gasteiger partial charge in [0.15, 0.2) is 0 Å². The van der Waals surface area contributed by atoms with Crippen LogP contribution in [0.3, 0.4) is 0 Å². The number of H-pyrrole nitrogens is 1. The second-order valence-electron chi connectivity index (χ2n) is 12.1. The van der Waals surface area contributed by atoms with E-state index in [-0.39, 0.29) is 17.4 Å². The third kappa shape index (κ3) is 3.89. The lowest BCUT2D eigenvalue weighted by Crippen LogP contribution is -2.53. The number of hydrogen-bond acceptors (Lipinski definition) is 7. The molecule has 4 aromatic rings. The van der Waals surface area contributed by atoms with E-state index in [4.69, 9.17) is 19.4 Å². The van der Waals surface area contributed by atoms with Gasteiger partial charge >= 0.3 is 0 Å². The van der Waals surface area contributed by atoms with Gasteiger partial charge in [-0.3, -0.25) is 19.8 Å². The molecule has 2 aliphatic heterocycles. The van der Waals surface area contributed by atoms with Crippen LogP contribution in [0.1, 0.15) is 29.7 Å². The molecule has 2 unspecified atom stereocenters. The van der Waals surface area contributed by atoms with Gasteiger partial charge in [-0.1, -0.05) is 18.2 Å². The van der Waals surface area contributed by atoms with Crippen molar-refractivity contribution in [3.63, 3.8) is 0 Å². The molecule has 1 N–H and O–H groups in total. The molecule has 3 fully saturated rings. The molecule has 41 heavy (non-hydrogen) atoms. The minimum Gasteiger partial charge on any atom is -0.494 e. The van der Waals surface area contributed by atoms with Crippen molar-refractivity contribution in [2.24, 2.45) is 5.92 Å². The summed E-state index contributed by atoms with van der Waals surface area (Å²) in [7, 11) is 3.70. The number of aromatic amines is 1. The molecule has 8 rings (SSSR count). The lowest BCUT2D eigenvalue weighted by molar-refractivity contribution is -0.141. The number of fused-ring (bicyclic) bond motifs is 3. The van der Waals surface area contributed by atoms with E-state index in [9.17, 15) is 4.79 Å². The number of ether oxygens (including phenoxy) is 2. The quantitative estimate of drug-likeness (QED) is 0.406. The van der Waals surface area contributed by atoms with Gasteiger partial charge in [0.25, 0.3) is 0 Å². The molecule has 1 amide bonds. The van der Waals surface area contributed by atoms with E-state index < -0.39 is 0 Å². The van der Waals surface area contributed by atoms with Gasteiger partial charge in [0.2, 0.25) is 5.91 Å². The van der Waals surface area contributed by atoms with Crippen molar-refractivity contribution in [2.75, 3.05) is 47.0 Å². The number of benzene rings is 1. The second kappa shape index (κ2) is 9.36. The molecule has 0 radical (unpaired) electrons. The number of likely N-dealkylation sites (tertiary alicyclic amines) is 1. The molecule has 2 aliphatic carbocycles. The molecule has 3 aromatic heterocycles. The lowest BCUT2D eigenvalue weighted by Gasteiger charge is -2.34. The smallest absolute Gasteiger partial charge is 0.242 e. The zero-order valence-corrected chi connectivity index (χ0v) is 23.5. The molecule has 9 nitrogen and oxygen atoms in total. The molecule has 3 atom stereocenters. The number of methoxy groups -OCH3 is 1. The van der Waals surface area contributed by atoms with Crippen LogP contribution in [0.15, 0.2) is 42.6 Å². The monoisotopic (exact) mass is 550 g/mol. The van der Waals surface area contributed by atoms with Crippen molar-refractivity contribution in [1.29, 1.82) is 0 Å². The summed E-state index contributed by atoms with van der Waals surface area (Å²) in [6.45, 7) is 3.48. The summed E-state index contributed by atoms with van der Waals surface area (Å²) in [6, 6.07) is 12.5. The first-order valence-electron chi connectivity index (χ1n) is 14.6. The molecule has 4 aliphatic rings. The van der Waals surface area contributed by atoms with Crippen LogP contribution in [-0.4, -0.2) is 88.9 Å². The third-order valence-corrected chi connectivity index (χ3v) is 9.81. The molecule has 1 aromatic carbocycles. The number of aryl methyl sites for hydroxylation is 1. The zero-order valence-electron chi connectivity index (χ0n) is 23.5. The van der Waals surface area contributed by atoms with Crippen LogP contribution >= 0.6 is 0 Å². The van der Waals surface area contributed by atoms with Crippen molar-refractivity contribution >= 4 is 16.9 Å². The number of pyridine rings is 2. The average Bonchev–Trinajstić information content (AvgIpc) is 3.39. The van der Waals surface area contributed by atoms with E-state index in [2.05, 4.69) is 45.4 Å². The summed E-state index contributed by atoms with van der Waals surface area (Å²) >= 11 is 0. The Balaban J connectivity index is 1.08. The van der Waals surface area contributed by atoms with Crippen LogP contribution in [0.4, 0.5) is 0 Å². The Labute approximate surface area is 238 Å². The number of carbonyl (C=O) groups is 1. The van der Waals surface area contributed by atoms with Crippen molar-refractivity contribution in [1.82, 2.24) is 30.0 Å². The number of morpholine rings is 1. The van der Waals surface area contributed by atoms with Gasteiger partial charge < -0.3 is 14.4 Å².